The van der Waals surface area contributed by atoms with Crippen molar-refractivity contribution in [1.82, 2.24) is 4.90 Å². The van der Waals surface area contributed by atoms with Crippen molar-refractivity contribution in [3.05, 3.63) is 70.8 Å². The zero-order chi connectivity index (χ0) is 26.5. The third-order valence-corrected chi connectivity index (χ3v) is 5.20. The van der Waals surface area contributed by atoms with E-state index in [0.717, 1.165) is 5.56 Å². The summed E-state index contributed by atoms with van der Waals surface area (Å²) >= 11 is 0. The zero-order valence-corrected chi connectivity index (χ0v) is 22.1. The molecule has 37 heavy (non-hydrogen) atoms. The molecule has 0 heterocycles. The van der Waals surface area contributed by atoms with E-state index in [4.69, 9.17) is 25.4 Å². The van der Waals surface area contributed by atoms with E-state index in [1.54, 1.807) is 80.5 Å². The number of nitrogens with one attached hydrogen (secondary N) is 1. The van der Waals surface area contributed by atoms with Crippen molar-refractivity contribution < 1.29 is 28.6 Å². The first-order chi connectivity index (χ1) is 17.2. The van der Waals surface area contributed by atoms with Gasteiger partial charge < -0.3 is 24.8 Å². The summed E-state index contributed by atoms with van der Waals surface area (Å²) in [4.78, 5) is 38.8. The van der Waals surface area contributed by atoms with Crippen molar-refractivity contribution in [2.75, 3.05) is 33.4 Å². The van der Waals surface area contributed by atoms with Gasteiger partial charge in [0.1, 0.15) is 11.6 Å². The summed E-state index contributed by atoms with van der Waals surface area (Å²) in [7, 11) is 1.60. The highest BCUT2D eigenvalue weighted by molar-refractivity contribution is 5.98. The Kier molecular flexibility index (Phi) is 13.7. The number of methoxy groups -OCH3 is 1. The van der Waals surface area contributed by atoms with Crippen molar-refractivity contribution in [2.45, 2.75) is 26.7 Å². The summed E-state index contributed by atoms with van der Waals surface area (Å²) in [6.07, 6.45) is 2.49. The Balaban J connectivity index is 0.00000684. The number of nitrogens with two attached hydrogens (primary N) is 1. The normalized spacial score (nSPS) is 10.7. The molecule has 0 atom stereocenters. The highest BCUT2D eigenvalue weighted by Gasteiger charge is 2.17. The van der Waals surface area contributed by atoms with Gasteiger partial charge in [0.25, 0.3) is 0 Å². The lowest BCUT2D eigenvalue weighted by atomic mass is 10.1. The van der Waals surface area contributed by atoms with Crippen LogP contribution in [0.25, 0.3) is 6.08 Å². The lowest BCUT2D eigenvalue weighted by Gasteiger charge is -2.22. The number of nitrogens with zero attached hydrogens (tertiary/aromatic N) is 1. The first-order valence-electron chi connectivity index (χ1n) is 11.6. The molecule has 2 aromatic carbocycles. The average Bonchev–Trinajstić information content (AvgIpc) is 2.86. The minimum absolute atomic E-state index is 0. The molecule has 0 spiro atoms. The monoisotopic (exact) mass is 531 g/mol. The molecule has 0 radical (unpaired) electrons. The number of nitrogen functional groups attached to an aromatic ring is 1. The summed E-state index contributed by atoms with van der Waals surface area (Å²) in [5, 5.41) is 7.41. The SMILES string of the molecule is CCOC(=O)CCN(CCCOC)C(=O)C(C)=Cc1ccc(C(=O)Oc2ccc(C(=N)N)cc2)cc1.Cl. The molecule has 3 N–H and O–H groups in total. The number of hydrogen-bond donors (Lipinski definition) is 2. The predicted molar refractivity (Wildman–Crippen MR) is 144 cm³/mol. The summed E-state index contributed by atoms with van der Waals surface area (Å²) in [5.74, 6) is -0.791. The number of carbonyl (C=O) groups is 3. The number of halogens is 1. The van der Waals surface area contributed by atoms with E-state index in [-0.39, 0.29) is 43.1 Å². The molecule has 10 heteroatoms. The highest BCUT2D eigenvalue weighted by atomic mass is 35.5. The van der Waals surface area contributed by atoms with Crippen LogP contribution in [-0.4, -0.2) is 62.0 Å². The molecule has 0 bridgehead atoms. The summed E-state index contributed by atoms with van der Waals surface area (Å²) in [6.45, 7) is 4.96. The van der Waals surface area contributed by atoms with E-state index in [2.05, 4.69) is 0 Å². The molecule has 0 aliphatic carbocycles. The van der Waals surface area contributed by atoms with E-state index < -0.39 is 5.97 Å². The average molecular weight is 532 g/mol. The van der Waals surface area contributed by atoms with Gasteiger partial charge in [-0.15, -0.1) is 12.4 Å². The van der Waals surface area contributed by atoms with Crippen LogP contribution in [0.1, 0.15) is 48.2 Å². The molecule has 2 rings (SSSR count). The van der Waals surface area contributed by atoms with Gasteiger partial charge >= 0.3 is 11.9 Å². The molecule has 0 aliphatic heterocycles. The van der Waals surface area contributed by atoms with Crippen molar-refractivity contribution >= 4 is 42.2 Å². The van der Waals surface area contributed by atoms with Crippen LogP contribution in [0, 0.1) is 5.41 Å². The Morgan fingerprint density at radius 1 is 1.00 bits per heavy atom. The molecule has 2 aromatic rings. The van der Waals surface area contributed by atoms with Crippen molar-refractivity contribution in [3.63, 3.8) is 0 Å². The molecule has 0 fully saturated rings. The van der Waals surface area contributed by atoms with Gasteiger partial charge in [-0.25, -0.2) is 4.79 Å². The maximum absolute atomic E-state index is 13.0. The minimum atomic E-state index is -0.530. The molecular formula is C27H34ClN3O6. The Labute approximate surface area is 223 Å². The maximum atomic E-state index is 13.0. The molecular weight excluding hydrogens is 498 g/mol. The quantitative estimate of drug-likeness (QED) is 0.100. The molecule has 0 aliphatic rings. The van der Waals surface area contributed by atoms with Gasteiger partial charge in [0, 0.05) is 37.9 Å². The smallest absolute Gasteiger partial charge is 0.343 e. The summed E-state index contributed by atoms with van der Waals surface area (Å²) < 4.78 is 15.4. The first kappa shape index (κ1) is 31.3. The molecule has 0 aromatic heterocycles. The van der Waals surface area contributed by atoms with Gasteiger partial charge in [-0.05, 0) is 68.3 Å². The summed E-state index contributed by atoms with van der Waals surface area (Å²) in [6, 6.07) is 13.0. The molecule has 1 amide bonds. The lowest BCUT2D eigenvalue weighted by Crippen LogP contribution is -2.35. The fourth-order valence-corrected chi connectivity index (χ4v) is 3.32. The van der Waals surface area contributed by atoms with E-state index in [0.29, 0.717) is 48.6 Å². The molecule has 0 saturated carbocycles. The fourth-order valence-electron chi connectivity index (χ4n) is 3.32. The third-order valence-electron chi connectivity index (χ3n) is 5.20. The van der Waals surface area contributed by atoms with Crippen LogP contribution in [0.2, 0.25) is 0 Å². The zero-order valence-electron chi connectivity index (χ0n) is 21.3. The number of carbonyl (C=O) groups excluding carboxylic acids is 3. The molecule has 0 unspecified atom stereocenters. The third kappa shape index (κ3) is 10.4. The van der Waals surface area contributed by atoms with E-state index in [9.17, 15) is 14.4 Å². The van der Waals surface area contributed by atoms with E-state index in [1.807, 2.05) is 0 Å². The number of esters is 2. The second-order valence-corrected chi connectivity index (χ2v) is 7.97. The van der Waals surface area contributed by atoms with Crippen molar-refractivity contribution in [1.29, 1.82) is 5.41 Å². The predicted octanol–water partition coefficient (Wildman–Crippen LogP) is 3.83. The van der Waals surface area contributed by atoms with Crippen LogP contribution in [0.4, 0.5) is 0 Å². The topological polar surface area (TPSA) is 132 Å². The van der Waals surface area contributed by atoms with Gasteiger partial charge in [-0.2, -0.15) is 0 Å². The maximum Gasteiger partial charge on any atom is 0.343 e. The van der Waals surface area contributed by atoms with Crippen LogP contribution < -0.4 is 10.5 Å². The van der Waals surface area contributed by atoms with Crippen LogP contribution >= 0.6 is 12.4 Å². The summed E-state index contributed by atoms with van der Waals surface area (Å²) in [5.41, 5.74) is 7.55. The number of amidine groups is 1. The number of hydrogen-bond acceptors (Lipinski definition) is 7. The number of rotatable bonds is 13. The van der Waals surface area contributed by atoms with Crippen molar-refractivity contribution in [3.8, 4) is 5.75 Å². The van der Waals surface area contributed by atoms with E-state index in [1.165, 1.54) is 0 Å². The van der Waals surface area contributed by atoms with Gasteiger partial charge in [0.2, 0.25) is 5.91 Å². The number of ether oxygens (including phenoxy) is 3. The molecule has 9 nitrogen and oxygen atoms in total. The Morgan fingerprint density at radius 2 is 1.62 bits per heavy atom. The van der Waals surface area contributed by atoms with Crippen LogP contribution in [0.3, 0.4) is 0 Å². The second kappa shape index (κ2) is 16.1. The van der Waals surface area contributed by atoms with Crippen LogP contribution in [0.5, 0.6) is 5.75 Å². The van der Waals surface area contributed by atoms with Gasteiger partial charge in [0.15, 0.2) is 0 Å². The van der Waals surface area contributed by atoms with Gasteiger partial charge in [-0.3, -0.25) is 15.0 Å². The first-order valence-corrected chi connectivity index (χ1v) is 11.6. The Hall–Kier alpha value is -3.69. The Morgan fingerprint density at radius 3 is 2.19 bits per heavy atom. The fraction of sp³-hybridized carbons (Fsp3) is 0.333. The van der Waals surface area contributed by atoms with Crippen LogP contribution in [-0.2, 0) is 19.1 Å². The van der Waals surface area contributed by atoms with Gasteiger partial charge in [-0.1, -0.05) is 12.1 Å². The van der Waals surface area contributed by atoms with E-state index >= 15 is 0 Å². The lowest BCUT2D eigenvalue weighted by molar-refractivity contribution is -0.143. The molecule has 200 valence electrons. The van der Waals surface area contributed by atoms with Crippen LogP contribution in [0.15, 0.2) is 54.1 Å². The number of amides is 1. The number of benzene rings is 2. The van der Waals surface area contributed by atoms with Crippen molar-refractivity contribution in [2.24, 2.45) is 5.73 Å². The standard InChI is InChI=1S/C27H33N3O6.ClH/c1-4-35-24(31)14-16-30(15-5-17-34-3)26(32)19(2)18-20-6-8-22(9-7-20)27(33)36-23-12-10-21(11-13-23)25(28)29;/h6-13,18H,4-5,14-17H2,1-3H3,(H3,28,29);1H. The minimum Gasteiger partial charge on any atom is -0.466 e. The second-order valence-electron chi connectivity index (χ2n) is 7.97. The molecule has 0 saturated heterocycles. The Bertz CT molecular complexity index is 1080. The largest absolute Gasteiger partial charge is 0.466 e. The van der Waals surface area contributed by atoms with Gasteiger partial charge in [0.05, 0.1) is 18.6 Å². The highest BCUT2D eigenvalue weighted by Crippen LogP contribution is 2.16.